The summed E-state index contributed by atoms with van der Waals surface area (Å²) in [6, 6.07) is 7.49. The van der Waals surface area contributed by atoms with Gasteiger partial charge in [-0.05, 0) is 31.2 Å². The van der Waals surface area contributed by atoms with Crippen LogP contribution in [0.25, 0.3) is 0 Å². The molecule has 1 N–H and O–H groups in total. The summed E-state index contributed by atoms with van der Waals surface area (Å²) in [5.74, 6) is -0.489. The van der Waals surface area contributed by atoms with Crippen LogP contribution in [0, 0.1) is 5.82 Å². The van der Waals surface area contributed by atoms with Gasteiger partial charge in [0.15, 0.2) is 0 Å². The monoisotopic (exact) mass is 347 g/mol. The van der Waals surface area contributed by atoms with E-state index in [2.05, 4.69) is 16.6 Å². The maximum absolute atomic E-state index is 14.0. The van der Waals surface area contributed by atoms with Gasteiger partial charge in [-0.1, -0.05) is 24.2 Å². The van der Waals surface area contributed by atoms with Crippen LogP contribution in [-0.2, 0) is 6.54 Å². The summed E-state index contributed by atoms with van der Waals surface area (Å²) in [6.45, 7) is 5.02. The van der Waals surface area contributed by atoms with E-state index in [4.69, 9.17) is 11.6 Å². The first-order chi connectivity index (χ1) is 11.4. The Kier molecular flexibility index (Phi) is 5.65. The summed E-state index contributed by atoms with van der Waals surface area (Å²) in [6.07, 6.45) is 1.74. The van der Waals surface area contributed by atoms with Crippen molar-refractivity contribution < 1.29 is 14.3 Å². The molecule has 0 unspecified atom stereocenters. The first-order valence-corrected chi connectivity index (χ1v) is 7.36. The lowest BCUT2D eigenvalue weighted by Crippen LogP contribution is -2.36. The summed E-state index contributed by atoms with van der Waals surface area (Å²) >= 11 is 6.01. The molecule has 1 amide bonds. The van der Waals surface area contributed by atoms with Crippen LogP contribution in [0.2, 0.25) is 5.02 Å². The third kappa shape index (κ3) is 4.17. The van der Waals surface area contributed by atoms with Crippen LogP contribution in [-0.4, -0.2) is 26.9 Å². The number of benzene rings is 1. The van der Waals surface area contributed by atoms with Gasteiger partial charge in [-0.25, -0.2) is 14.2 Å². The van der Waals surface area contributed by atoms with Crippen LogP contribution in [0.4, 0.5) is 9.18 Å². The maximum atomic E-state index is 14.0. The smallest absolute Gasteiger partial charge is 0.413 e. The molecule has 2 aromatic rings. The van der Waals surface area contributed by atoms with Gasteiger partial charge in [-0.2, -0.15) is 0 Å². The third-order valence-electron chi connectivity index (χ3n) is 3.08. The first kappa shape index (κ1) is 17.6. The van der Waals surface area contributed by atoms with Crippen LogP contribution in [0.15, 0.2) is 60.0 Å². The molecule has 5 nitrogen and oxygen atoms in total. The number of nitrogens with zero attached hydrogens (tertiary/aromatic N) is 3. The highest BCUT2D eigenvalue weighted by atomic mass is 35.5. The van der Waals surface area contributed by atoms with Gasteiger partial charge in [-0.3, -0.25) is 9.88 Å². The zero-order chi connectivity index (χ0) is 17.7. The lowest BCUT2D eigenvalue weighted by molar-refractivity contribution is 0.167. The van der Waals surface area contributed by atoms with Gasteiger partial charge >= 0.3 is 6.09 Å². The molecule has 0 atom stereocenters. The van der Waals surface area contributed by atoms with Crippen molar-refractivity contribution in [2.24, 2.45) is 4.99 Å². The molecular weight excluding hydrogens is 333 g/mol. The number of rotatable bonds is 4. The fourth-order valence-electron chi connectivity index (χ4n) is 2.03. The minimum absolute atomic E-state index is 0.0693. The first-order valence-electron chi connectivity index (χ1n) is 6.98. The molecule has 0 bridgehead atoms. The van der Waals surface area contributed by atoms with Crippen molar-refractivity contribution in [1.29, 1.82) is 0 Å². The summed E-state index contributed by atoms with van der Waals surface area (Å²) in [5, 5.41) is 9.73. The quantitative estimate of drug-likeness (QED) is 0.661. The Labute approximate surface area is 143 Å². The molecule has 1 aromatic heterocycles. The number of allylic oxidation sites excluding steroid dienone is 1. The summed E-state index contributed by atoms with van der Waals surface area (Å²) in [5.41, 5.74) is 0.940. The van der Waals surface area contributed by atoms with E-state index < -0.39 is 11.9 Å². The Morgan fingerprint density at radius 1 is 1.42 bits per heavy atom. The second-order valence-electron chi connectivity index (χ2n) is 4.98. The van der Waals surface area contributed by atoms with Crippen LogP contribution in [0.5, 0.6) is 0 Å². The Morgan fingerprint density at radius 2 is 2.17 bits per heavy atom. The number of aliphatic imine (C=N–C) groups is 1. The molecule has 7 heteroatoms. The number of aromatic nitrogens is 1. The molecule has 0 aliphatic rings. The van der Waals surface area contributed by atoms with Crippen molar-refractivity contribution >= 4 is 23.5 Å². The van der Waals surface area contributed by atoms with E-state index in [1.165, 1.54) is 24.4 Å². The zero-order valence-electron chi connectivity index (χ0n) is 12.9. The molecular formula is C17H15ClFN3O2. The van der Waals surface area contributed by atoms with Crippen molar-refractivity contribution in [2.45, 2.75) is 13.5 Å². The molecule has 0 spiro atoms. The Hall–Kier alpha value is -2.73. The predicted octanol–water partition coefficient (Wildman–Crippen LogP) is 4.33. The second kappa shape index (κ2) is 7.70. The van der Waals surface area contributed by atoms with E-state index in [-0.39, 0.29) is 23.0 Å². The lowest BCUT2D eigenvalue weighted by atomic mass is 10.1. The molecule has 1 heterocycles. The molecule has 0 aliphatic heterocycles. The molecule has 0 fully saturated rings. The molecule has 1 aromatic carbocycles. The lowest BCUT2D eigenvalue weighted by Gasteiger charge is -2.22. The standard InChI is InChI=1S/C17H15ClFN3O2/c1-11(2)21-16(12-5-4-8-20-9-12)22(17(23)24)10-13-14(18)6-3-7-15(13)19/h3-9H,1,10H2,2H3,(H,23,24)/b21-16-. The highest BCUT2D eigenvalue weighted by Gasteiger charge is 2.23. The minimum Gasteiger partial charge on any atom is -0.465 e. The second-order valence-corrected chi connectivity index (χ2v) is 5.39. The topological polar surface area (TPSA) is 65.8 Å². The summed E-state index contributed by atoms with van der Waals surface area (Å²) < 4.78 is 14.0. The van der Waals surface area contributed by atoms with E-state index in [0.29, 0.717) is 11.3 Å². The normalized spacial score (nSPS) is 11.2. The summed E-state index contributed by atoms with van der Waals surface area (Å²) in [4.78, 5) is 20.8. The van der Waals surface area contributed by atoms with Gasteiger partial charge in [0.2, 0.25) is 0 Å². The predicted molar refractivity (Wildman–Crippen MR) is 90.6 cm³/mol. The van der Waals surface area contributed by atoms with Crippen LogP contribution < -0.4 is 0 Å². The number of halogens is 2. The molecule has 24 heavy (non-hydrogen) atoms. The number of amidine groups is 1. The number of hydrogen-bond donors (Lipinski definition) is 1. The van der Waals surface area contributed by atoms with Gasteiger partial charge < -0.3 is 5.11 Å². The van der Waals surface area contributed by atoms with E-state index in [9.17, 15) is 14.3 Å². The fourth-order valence-corrected chi connectivity index (χ4v) is 2.25. The molecule has 0 saturated carbocycles. The number of pyridine rings is 1. The fraction of sp³-hybridized carbons (Fsp3) is 0.118. The Bertz CT molecular complexity index is 773. The SMILES string of the molecule is C=C(C)/N=C(/c1cccnc1)N(Cc1c(F)cccc1Cl)C(=O)O. The van der Waals surface area contributed by atoms with Gasteiger partial charge in [0.05, 0.1) is 6.54 Å². The van der Waals surface area contributed by atoms with Gasteiger partial charge in [0, 0.05) is 34.2 Å². The zero-order valence-corrected chi connectivity index (χ0v) is 13.7. The van der Waals surface area contributed by atoms with Crippen molar-refractivity contribution in [1.82, 2.24) is 9.88 Å². The van der Waals surface area contributed by atoms with Crippen molar-refractivity contribution in [3.63, 3.8) is 0 Å². The van der Waals surface area contributed by atoms with Gasteiger partial charge in [-0.15, -0.1) is 0 Å². The number of carbonyl (C=O) groups is 1. The largest absolute Gasteiger partial charge is 0.465 e. The molecule has 0 saturated heterocycles. The number of amides is 1. The van der Waals surface area contributed by atoms with Crippen molar-refractivity contribution in [2.75, 3.05) is 0 Å². The van der Waals surface area contributed by atoms with E-state index >= 15 is 0 Å². The average molecular weight is 348 g/mol. The molecule has 2 rings (SSSR count). The van der Waals surface area contributed by atoms with Crippen molar-refractivity contribution in [3.8, 4) is 0 Å². The number of carboxylic acid groups (broad SMARTS) is 1. The summed E-state index contributed by atoms with van der Waals surface area (Å²) in [7, 11) is 0. The molecule has 0 aliphatic carbocycles. The third-order valence-corrected chi connectivity index (χ3v) is 3.44. The van der Waals surface area contributed by atoms with E-state index in [0.717, 1.165) is 4.90 Å². The van der Waals surface area contributed by atoms with E-state index in [1.807, 2.05) is 0 Å². The van der Waals surface area contributed by atoms with Crippen LogP contribution >= 0.6 is 11.6 Å². The van der Waals surface area contributed by atoms with Crippen molar-refractivity contribution in [3.05, 3.63) is 77.0 Å². The van der Waals surface area contributed by atoms with Crippen LogP contribution in [0.1, 0.15) is 18.1 Å². The van der Waals surface area contributed by atoms with Gasteiger partial charge in [0.1, 0.15) is 11.7 Å². The molecule has 0 radical (unpaired) electrons. The highest BCUT2D eigenvalue weighted by Crippen LogP contribution is 2.22. The number of hydrogen-bond acceptors (Lipinski definition) is 3. The average Bonchev–Trinajstić information content (AvgIpc) is 2.53. The van der Waals surface area contributed by atoms with E-state index in [1.54, 1.807) is 25.3 Å². The molecule has 124 valence electrons. The Balaban J connectivity index is 2.51. The maximum Gasteiger partial charge on any atom is 0.413 e. The Morgan fingerprint density at radius 3 is 2.71 bits per heavy atom. The minimum atomic E-state index is -1.29. The van der Waals surface area contributed by atoms with Gasteiger partial charge in [0.25, 0.3) is 0 Å². The highest BCUT2D eigenvalue weighted by molar-refractivity contribution is 6.31. The van der Waals surface area contributed by atoms with Crippen LogP contribution in [0.3, 0.4) is 0 Å².